The maximum Gasteiger partial charge on any atom is 0.204 e. The number of aromatic nitrogens is 1. The van der Waals surface area contributed by atoms with Crippen LogP contribution in [0.2, 0.25) is 0 Å². The van der Waals surface area contributed by atoms with Gasteiger partial charge in [-0.05, 0) is 24.3 Å². The zero-order chi connectivity index (χ0) is 13.2. The average Bonchev–Trinajstić information content (AvgIpc) is 2.46. The first kappa shape index (κ1) is 11.5. The van der Waals surface area contributed by atoms with Gasteiger partial charge in [-0.1, -0.05) is 30.3 Å². The summed E-state index contributed by atoms with van der Waals surface area (Å²) in [5.41, 5.74) is 0.834. The summed E-state index contributed by atoms with van der Waals surface area (Å²) < 4.78 is 7.64. The van der Waals surface area contributed by atoms with Crippen molar-refractivity contribution in [2.75, 3.05) is 0 Å². The van der Waals surface area contributed by atoms with Crippen molar-refractivity contribution < 1.29 is 4.74 Å². The van der Waals surface area contributed by atoms with E-state index in [0.29, 0.717) is 17.0 Å². The Hall–Kier alpha value is -2.55. The van der Waals surface area contributed by atoms with Gasteiger partial charge in [0, 0.05) is 18.5 Å². The number of fused-ring (bicyclic) bond motifs is 1. The van der Waals surface area contributed by atoms with Gasteiger partial charge >= 0.3 is 0 Å². The molecule has 0 radical (unpaired) electrons. The lowest BCUT2D eigenvalue weighted by molar-refractivity contribution is 0.442. The molecule has 0 atom stereocenters. The number of pyridine rings is 1. The molecule has 1 aromatic heterocycles. The highest BCUT2D eigenvalue weighted by atomic mass is 16.5. The molecule has 19 heavy (non-hydrogen) atoms. The normalized spacial score (nSPS) is 10.6. The maximum atomic E-state index is 12.0. The minimum Gasteiger partial charge on any atom is -0.441 e. The number of hydrogen-bond acceptors (Lipinski definition) is 2. The van der Waals surface area contributed by atoms with Crippen LogP contribution in [-0.2, 0) is 7.05 Å². The first-order valence-corrected chi connectivity index (χ1v) is 6.07. The van der Waals surface area contributed by atoms with Crippen molar-refractivity contribution >= 4 is 10.9 Å². The van der Waals surface area contributed by atoms with Crippen LogP contribution in [0, 0.1) is 0 Å². The molecule has 0 spiro atoms. The maximum absolute atomic E-state index is 12.0. The summed E-state index contributed by atoms with van der Waals surface area (Å²) in [5.74, 6) is 1.25. The second kappa shape index (κ2) is 4.61. The predicted octanol–water partition coefficient (Wildman–Crippen LogP) is 3.33. The summed E-state index contributed by atoms with van der Waals surface area (Å²) in [5, 5.41) is 0.699. The number of nitrogens with zero attached hydrogens (tertiary/aromatic N) is 1. The minimum atomic E-state index is -0.0281. The molecular formula is C16H13NO2. The van der Waals surface area contributed by atoms with E-state index < -0.39 is 0 Å². The van der Waals surface area contributed by atoms with Crippen molar-refractivity contribution in [1.29, 1.82) is 0 Å². The number of aryl methyl sites for hydroxylation is 1. The van der Waals surface area contributed by atoms with Gasteiger partial charge in [0.15, 0.2) is 5.43 Å². The van der Waals surface area contributed by atoms with Gasteiger partial charge in [-0.15, -0.1) is 0 Å². The van der Waals surface area contributed by atoms with E-state index in [4.69, 9.17) is 4.74 Å². The van der Waals surface area contributed by atoms with Crippen LogP contribution in [0.1, 0.15) is 0 Å². The molecule has 0 aliphatic heterocycles. The van der Waals surface area contributed by atoms with Gasteiger partial charge in [-0.25, -0.2) is 0 Å². The molecule has 0 saturated heterocycles. The summed E-state index contributed by atoms with van der Waals surface area (Å²) in [7, 11) is 1.89. The Morgan fingerprint density at radius 3 is 2.42 bits per heavy atom. The van der Waals surface area contributed by atoms with Crippen LogP contribution in [0.3, 0.4) is 0 Å². The third kappa shape index (κ3) is 2.10. The molecule has 0 N–H and O–H groups in total. The highest BCUT2D eigenvalue weighted by Crippen LogP contribution is 2.22. The van der Waals surface area contributed by atoms with Crippen molar-refractivity contribution in [3.8, 4) is 11.6 Å². The monoisotopic (exact) mass is 251 g/mol. The lowest BCUT2D eigenvalue weighted by Crippen LogP contribution is -2.08. The topological polar surface area (TPSA) is 31.2 Å². The van der Waals surface area contributed by atoms with E-state index in [9.17, 15) is 4.79 Å². The smallest absolute Gasteiger partial charge is 0.204 e. The average molecular weight is 251 g/mol. The second-order valence-corrected chi connectivity index (χ2v) is 4.34. The van der Waals surface area contributed by atoms with E-state index in [0.717, 1.165) is 5.52 Å². The Kier molecular flexibility index (Phi) is 2.80. The van der Waals surface area contributed by atoms with Crippen LogP contribution >= 0.6 is 0 Å². The minimum absolute atomic E-state index is 0.0281. The number of hydrogen-bond donors (Lipinski definition) is 0. The van der Waals surface area contributed by atoms with Gasteiger partial charge in [0.05, 0.1) is 5.52 Å². The zero-order valence-corrected chi connectivity index (χ0v) is 10.5. The summed E-state index contributed by atoms with van der Waals surface area (Å²) in [6.07, 6.45) is 0. The van der Waals surface area contributed by atoms with Crippen molar-refractivity contribution in [3.05, 3.63) is 70.9 Å². The van der Waals surface area contributed by atoms with E-state index >= 15 is 0 Å². The van der Waals surface area contributed by atoms with Crippen LogP contribution in [0.5, 0.6) is 11.6 Å². The van der Waals surface area contributed by atoms with Gasteiger partial charge in [0.1, 0.15) is 5.75 Å². The van der Waals surface area contributed by atoms with Crippen LogP contribution in [0.15, 0.2) is 65.5 Å². The molecule has 0 bridgehead atoms. The Bertz CT molecular complexity index is 776. The van der Waals surface area contributed by atoms with E-state index in [1.54, 1.807) is 0 Å². The van der Waals surface area contributed by atoms with Crippen LogP contribution in [-0.4, -0.2) is 4.57 Å². The number of para-hydroxylation sites is 2. The van der Waals surface area contributed by atoms with Gasteiger partial charge in [-0.3, -0.25) is 4.79 Å². The Morgan fingerprint density at radius 2 is 1.63 bits per heavy atom. The third-order valence-electron chi connectivity index (χ3n) is 3.08. The Morgan fingerprint density at radius 1 is 0.947 bits per heavy atom. The number of benzene rings is 2. The fraction of sp³-hybridized carbons (Fsp3) is 0.0625. The molecule has 3 heteroatoms. The second-order valence-electron chi connectivity index (χ2n) is 4.34. The van der Waals surface area contributed by atoms with Crippen LogP contribution < -0.4 is 10.2 Å². The molecule has 2 aromatic carbocycles. The Balaban J connectivity index is 2.15. The van der Waals surface area contributed by atoms with Crippen molar-refractivity contribution in [2.24, 2.45) is 7.05 Å². The highest BCUT2D eigenvalue weighted by Gasteiger charge is 2.07. The molecule has 3 aromatic rings. The Labute approximate surface area is 110 Å². The largest absolute Gasteiger partial charge is 0.441 e. The zero-order valence-electron chi connectivity index (χ0n) is 10.5. The molecule has 0 fully saturated rings. The van der Waals surface area contributed by atoms with Gasteiger partial charge in [0.25, 0.3) is 0 Å². The van der Waals surface area contributed by atoms with Crippen LogP contribution in [0.4, 0.5) is 0 Å². The standard InChI is InChI=1S/C16H13NO2/c1-17-14-10-6-5-9-13(14)15(18)11-16(17)19-12-7-3-2-4-8-12/h2-11H,1H3. The quantitative estimate of drug-likeness (QED) is 0.699. The molecule has 0 unspecified atom stereocenters. The first-order valence-electron chi connectivity index (χ1n) is 6.07. The fourth-order valence-corrected chi connectivity index (χ4v) is 2.09. The molecule has 3 rings (SSSR count). The molecule has 0 aliphatic rings. The summed E-state index contributed by atoms with van der Waals surface area (Å²) in [6.45, 7) is 0. The predicted molar refractivity (Wildman–Crippen MR) is 75.7 cm³/mol. The van der Waals surface area contributed by atoms with E-state index in [2.05, 4.69) is 0 Å². The lowest BCUT2D eigenvalue weighted by Gasteiger charge is -2.12. The highest BCUT2D eigenvalue weighted by molar-refractivity contribution is 5.79. The van der Waals surface area contributed by atoms with Crippen molar-refractivity contribution in [3.63, 3.8) is 0 Å². The lowest BCUT2D eigenvalue weighted by atomic mass is 10.2. The number of rotatable bonds is 2. The molecular weight excluding hydrogens is 238 g/mol. The fourth-order valence-electron chi connectivity index (χ4n) is 2.09. The number of ether oxygens (including phenoxy) is 1. The SMILES string of the molecule is Cn1c(Oc2ccccc2)cc(=O)c2ccccc21. The van der Waals surface area contributed by atoms with Gasteiger partial charge in [0.2, 0.25) is 5.88 Å². The third-order valence-corrected chi connectivity index (χ3v) is 3.08. The van der Waals surface area contributed by atoms with Gasteiger partial charge < -0.3 is 9.30 Å². The summed E-state index contributed by atoms with van der Waals surface area (Å²) in [6, 6.07) is 18.5. The first-order chi connectivity index (χ1) is 9.25. The van der Waals surface area contributed by atoms with Crippen molar-refractivity contribution in [2.45, 2.75) is 0 Å². The van der Waals surface area contributed by atoms with E-state index in [-0.39, 0.29) is 5.43 Å². The summed E-state index contributed by atoms with van der Waals surface area (Å²) >= 11 is 0. The van der Waals surface area contributed by atoms with E-state index in [1.807, 2.05) is 66.2 Å². The van der Waals surface area contributed by atoms with Crippen LogP contribution in [0.25, 0.3) is 10.9 Å². The molecule has 0 amide bonds. The molecule has 0 aliphatic carbocycles. The molecule has 0 saturated carbocycles. The van der Waals surface area contributed by atoms with E-state index in [1.165, 1.54) is 6.07 Å². The summed E-state index contributed by atoms with van der Waals surface area (Å²) in [4.78, 5) is 12.0. The van der Waals surface area contributed by atoms with Crippen molar-refractivity contribution in [1.82, 2.24) is 4.57 Å². The molecule has 94 valence electrons. The van der Waals surface area contributed by atoms with Gasteiger partial charge in [-0.2, -0.15) is 0 Å². The molecule has 3 nitrogen and oxygen atoms in total. The molecule has 1 heterocycles.